The molecule has 3 aromatic carbocycles. The Labute approximate surface area is 196 Å². The Bertz CT molecular complexity index is 1230. The minimum Gasteiger partial charge on any atom is -0.493 e. The maximum absolute atomic E-state index is 13.1. The van der Waals surface area contributed by atoms with Crippen molar-refractivity contribution in [1.82, 2.24) is 15.5 Å². The van der Waals surface area contributed by atoms with Crippen molar-refractivity contribution in [1.29, 1.82) is 0 Å². The van der Waals surface area contributed by atoms with Crippen LogP contribution in [0, 0.1) is 5.82 Å². The lowest BCUT2D eigenvalue weighted by Gasteiger charge is -2.11. The maximum Gasteiger partial charge on any atom is 0.251 e. The highest BCUT2D eigenvalue weighted by atomic mass is 19.1. The van der Waals surface area contributed by atoms with Gasteiger partial charge in [0.25, 0.3) is 5.91 Å². The molecule has 1 aromatic heterocycles. The smallest absolute Gasteiger partial charge is 0.251 e. The van der Waals surface area contributed by atoms with Gasteiger partial charge in [-0.15, -0.1) is 10.2 Å². The van der Waals surface area contributed by atoms with Crippen LogP contribution < -0.4 is 20.1 Å². The minimum atomic E-state index is -0.298. The minimum absolute atomic E-state index is 0.196. The van der Waals surface area contributed by atoms with E-state index in [0.29, 0.717) is 41.7 Å². The third kappa shape index (κ3) is 5.86. The van der Waals surface area contributed by atoms with Gasteiger partial charge in [-0.1, -0.05) is 12.1 Å². The first-order valence-electron chi connectivity index (χ1n) is 10.6. The summed E-state index contributed by atoms with van der Waals surface area (Å²) in [5, 5.41) is 14.3. The number of nitrogens with zero attached hydrogens (tertiary/aromatic N) is 2. The molecule has 0 aliphatic carbocycles. The van der Waals surface area contributed by atoms with Crippen LogP contribution in [0.2, 0.25) is 0 Å². The van der Waals surface area contributed by atoms with E-state index in [1.54, 1.807) is 55.6 Å². The largest absolute Gasteiger partial charge is 0.493 e. The molecule has 0 bridgehead atoms. The standard InChI is InChI=1S/C26H23FN4O3/c1-33-23-4-2-3-5-24(23)34-17-16-28-26(32)19-8-12-21(13-9-19)29-25-15-14-22(30-31-25)18-6-10-20(27)11-7-18/h2-15H,16-17H2,1H3,(H,28,32)(H,29,31). The first-order valence-corrected chi connectivity index (χ1v) is 10.6. The fourth-order valence-corrected chi connectivity index (χ4v) is 3.19. The number of ether oxygens (including phenoxy) is 2. The average Bonchev–Trinajstić information content (AvgIpc) is 2.88. The number of hydrogen-bond acceptors (Lipinski definition) is 6. The van der Waals surface area contributed by atoms with Gasteiger partial charge in [-0.2, -0.15) is 0 Å². The third-order valence-electron chi connectivity index (χ3n) is 4.94. The summed E-state index contributed by atoms with van der Waals surface area (Å²) in [6, 6.07) is 24.0. The molecule has 1 heterocycles. The monoisotopic (exact) mass is 458 g/mol. The van der Waals surface area contributed by atoms with E-state index < -0.39 is 0 Å². The number of nitrogens with one attached hydrogen (secondary N) is 2. The van der Waals surface area contributed by atoms with Crippen molar-refractivity contribution in [2.75, 3.05) is 25.6 Å². The van der Waals surface area contributed by atoms with Crippen LogP contribution in [0.15, 0.2) is 84.9 Å². The molecule has 8 heteroatoms. The molecule has 34 heavy (non-hydrogen) atoms. The van der Waals surface area contributed by atoms with Gasteiger partial charge in [0.15, 0.2) is 17.3 Å². The van der Waals surface area contributed by atoms with Crippen LogP contribution in [-0.2, 0) is 0 Å². The van der Waals surface area contributed by atoms with E-state index in [9.17, 15) is 9.18 Å². The molecule has 0 saturated heterocycles. The molecule has 0 atom stereocenters. The Balaban J connectivity index is 1.27. The van der Waals surface area contributed by atoms with Crippen molar-refractivity contribution in [3.63, 3.8) is 0 Å². The van der Waals surface area contributed by atoms with Gasteiger partial charge in [-0.3, -0.25) is 4.79 Å². The highest BCUT2D eigenvalue weighted by Crippen LogP contribution is 2.25. The number of carbonyl (C=O) groups is 1. The molecule has 0 fully saturated rings. The van der Waals surface area contributed by atoms with Crippen LogP contribution in [0.25, 0.3) is 11.3 Å². The number of para-hydroxylation sites is 2. The van der Waals surface area contributed by atoms with Crippen LogP contribution in [0.4, 0.5) is 15.9 Å². The molecular weight excluding hydrogens is 435 g/mol. The lowest BCUT2D eigenvalue weighted by molar-refractivity contribution is 0.0947. The topological polar surface area (TPSA) is 85.4 Å². The molecular formula is C26H23FN4O3. The van der Waals surface area contributed by atoms with Crippen molar-refractivity contribution in [2.24, 2.45) is 0 Å². The number of rotatable bonds is 9. The number of aromatic nitrogens is 2. The van der Waals surface area contributed by atoms with Gasteiger partial charge in [0.1, 0.15) is 12.4 Å². The number of carbonyl (C=O) groups excluding carboxylic acids is 1. The van der Waals surface area contributed by atoms with Crippen molar-refractivity contribution >= 4 is 17.4 Å². The van der Waals surface area contributed by atoms with Gasteiger partial charge in [0, 0.05) is 16.8 Å². The third-order valence-corrected chi connectivity index (χ3v) is 4.94. The van der Waals surface area contributed by atoms with Gasteiger partial charge in [-0.05, 0) is 72.8 Å². The van der Waals surface area contributed by atoms with Gasteiger partial charge in [-0.25, -0.2) is 4.39 Å². The molecule has 0 aliphatic rings. The van der Waals surface area contributed by atoms with Crippen LogP contribution in [0.5, 0.6) is 11.5 Å². The zero-order valence-corrected chi connectivity index (χ0v) is 18.5. The van der Waals surface area contributed by atoms with Crippen LogP contribution in [0.1, 0.15) is 10.4 Å². The number of anilines is 2. The molecule has 0 saturated carbocycles. The number of amides is 1. The Morgan fingerprint density at radius 1 is 0.882 bits per heavy atom. The first kappa shape index (κ1) is 22.7. The van der Waals surface area contributed by atoms with Crippen molar-refractivity contribution in [3.8, 4) is 22.8 Å². The lowest BCUT2D eigenvalue weighted by atomic mass is 10.1. The van der Waals surface area contributed by atoms with Crippen LogP contribution in [0.3, 0.4) is 0 Å². The normalized spacial score (nSPS) is 10.4. The number of hydrogen-bond donors (Lipinski definition) is 2. The Morgan fingerprint density at radius 2 is 1.62 bits per heavy atom. The number of methoxy groups -OCH3 is 1. The number of halogens is 1. The zero-order chi connectivity index (χ0) is 23.8. The molecule has 4 aromatic rings. The fourth-order valence-electron chi connectivity index (χ4n) is 3.19. The van der Waals surface area contributed by atoms with Crippen molar-refractivity contribution < 1.29 is 18.7 Å². The van der Waals surface area contributed by atoms with E-state index >= 15 is 0 Å². The second-order valence-corrected chi connectivity index (χ2v) is 7.27. The fraction of sp³-hybridized carbons (Fsp3) is 0.115. The lowest BCUT2D eigenvalue weighted by Crippen LogP contribution is -2.28. The van der Waals surface area contributed by atoms with E-state index in [-0.39, 0.29) is 11.7 Å². The van der Waals surface area contributed by atoms with E-state index in [2.05, 4.69) is 20.8 Å². The maximum atomic E-state index is 13.1. The molecule has 1 amide bonds. The van der Waals surface area contributed by atoms with Crippen LogP contribution in [-0.4, -0.2) is 36.4 Å². The number of benzene rings is 3. The van der Waals surface area contributed by atoms with E-state index in [4.69, 9.17) is 9.47 Å². The molecule has 0 unspecified atom stereocenters. The Hall–Kier alpha value is -4.46. The predicted octanol–water partition coefficient (Wildman–Crippen LogP) is 4.84. The summed E-state index contributed by atoms with van der Waals surface area (Å²) < 4.78 is 24.0. The summed E-state index contributed by atoms with van der Waals surface area (Å²) in [5.74, 6) is 1.33. The summed E-state index contributed by atoms with van der Waals surface area (Å²) in [7, 11) is 1.58. The predicted molar refractivity (Wildman–Crippen MR) is 128 cm³/mol. The molecule has 7 nitrogen and oxygen atoms in total. The highest BCUT2D eigenvalue weighted by Gasteiger charge is 2.07. The summed E-state index contributed by atoms with van der Waals surface area (Å²) in [4.78, 5) is 12.4. The van der Waals surface area contributed by atoms with Gasteiger partial charge in [0.05, 0.1) is 19.3 Å². The van der Waals surface area contributed by atoms with E-state index in [0.717, 1.165) is 11.3 Å². The second-order valence-electron chi connectivity index (χ2n) is 7.27. The molecule has 0 spiro atoms. The summed E-state index contributed by atoms with van der Waals surface area (Å²) in [6.07, 6.45) is 0. The van der Waals surface area contributed by atoms with Gasteiger partial charge < -0.3 is 20.1 Å². The van der Waals surface area contributed by atoms with Crippen LogP contribution >= 0.6 is 0 Å². The van der Waals surface area contributed by atoms with Gasteiger partial charge in [0.2, 0.25) is 0 Å². The average molecular weight is 458 g/mol. The van der Waals surface area contributed by atoms with E-state index in [1.165, 1.54) is 12.1 Å². The quantitative estimate of drug-likeness (QED) is 0.349. The highest BCUT2D eigenvalue weighted by molar-refractivity contribution is 5.94. The molecule has 0 aliphatic heterocycles. The Morgan fingerprint density at radius 3 is 2.29 bits per heavy atom. The molecule has 172 valence electrons. The van der Waals surface area contributed by atoms with Crippen molar-refractivity contribution in [2.45, 2.75) is 0 Å². The second kappa shape index (κ2) is 10.9. The molecule has 4 rings (SSSR count). The summed E-state index contributed by atoms with van der Waals surface area (Å²) in [6.45, 7) is 0.672. The van der Waals surface area contributed by atoms with Gasteiger partial charge >= 0.3 is 0 Å². The molecule has 0 radical (unpaired) electrons. The Kier molecular flexibility index (Phi) is 7.29. The summed E-state index contributed by atoms with van der Waals surface area (Å²) in [5.41, 5.74) is 2.72. The SMILES string of the molecule is COc1ccccc1OCCNC(=O)c1ccc(Nc2ccc(-c3ccc(F)cc3)nn2)cc1. The van der Waals surface area contributed by atoms with E-state index in [1.807, 2.05) is 24.3 Å². The first-order chi connectivity index (χ1) is 16.6. The zero-order valence-electron chi connectivity index (χ0n) is 18.5. The molecule has 2 N–H and O–H groups in total. The van der Waals surface area contributed by atoms with Crippen molar-refractivity contribution in [3.05, 3.63) is 96.3 Å². The summed E-state index contributed by atoms with van der Waals surface area (Å²) >= 11 is 0.